The van der Waals surface area contributed by atoms with E-state index in [2.05, 4.69) is 15.3 Å². The van der Waals surface area contributed by atoms with Crippen molar-refractivity contribution in [2.75, 3.05) is 6.54 Å². The topological polar surface area (TPSA) is 140 Å². The summed E-state index contributed by atoms with van der Waals surface area (Å²) in [4.78, 5) is 41.7. The fourth-order valence-corrected chi connectivity index (χ4v) is 2.52. The fraction of sp³-hybridized carbons (Fsp3) is 0.375. The molecule has 132 valence electrons. The van der Waals surface area contributed by atoms with Crippen LogP contribution in [0.4, 0.5) is 11.4 Å². The molecule has 0 aromatic heterocycles. The number of hydrogen-bond donors (Lipinski definition) is 2. The van der Waals surface area contributed by atoms with Crippen molar-refractivity contribution in [2.24, 2.45) is 21.6 Å². The van der Waals surface area contributed by atoms with Gasteiger partial charge in [-0.15, -0.1) is 0 Å². The molecule has 0 spiro atoms. The van der Waals surface area contributed by atoms with Gasteiger partial charge < -0.3 is 5.73 Å². The van der Waals surface area contributed by atoms with Gasteiger partial charge in [-0.2, -0.15) is 0 Å². The number of carbonyl (C=O) groups excluding carboxylic acids is 2. The van der Waals surface area contributed by atoms with Crippen molar-refractivity contribution in [1.82, 2.24) is 5.32 Å². The number of hydrogen-bond acceptors (Lipinski definition) is 6. The maximum atomic E-state index is 11.4. The first-order chi connectivity index (χ1) is 11.8. The number of nitro groups is 1. The van der Waals surface area contributed by atoms with Crippen LogP contribution >= 0.6 is 0 Å². The van der Waals surface area contributed by atoms with E-state index in [0.29, 0.717) is 17.7 Å². The van der Waals surface area contributed by atoms with E-state index in [1.165, 1.54) is 12.1 Å². The van der Waals surface area contributed by atoms with E-state index in [9.17, 15) is 19.7 Å². The summed E-state index contributed by atoms with van der Waals surface area (Å²) in [5, 5.41) is 13.7. The van der Waals surface area contributed by atoms with Crippen molar-refractivity contribution < 1.29 is 14.5 Å². The van der Waals surface area contributed by atoms with Gasteiger partial charge in [-0.1, -0.05) is 19.9 Å². The van der Waals surface area contributed by atoms with Gasteiger partial charge in [0.05, 0.1) is 11.5 Å². The third kappa shape index (κ3) is 4.46. The molecule has 25 heavy (non-hydrogen) atoms. The number of Topliss-reactive ketones (excluding diaryl/α,β-unsaturated/α-hetero) is 1. The normalized spacial score (nSPS) is 17.8. The van der Waals surface area contributed by atoms with Gasteiger partial charge in [-0.25, -0.2) is 4.99 Å². The predicted molar refractivity (Wildman–Crippen MR) is 93.0 cm³/mol. The van der Waals surface area contributed by atoms with Crippen LogP contribution in [-0.2, 0) is 9.59 Å². The Labute approximate surface area is 144 Å². The standard InChI is InChI=1S/C16H19N5O4/c1-3-14(23)20-16(17)19-12-5-4-10(7-13(12)21(24)25)15-9(2)6-11(22)8-18-15/h4-5,7,9H,3,6,8H2,1-2H3,(H3,17,19,20,23). The molecule has 1 aromatic carbocycles. The van der Waals surface area contributed by atoms with Gasteiger partial charge in [0.15, 0.2) is 5.78 Å². The monoisotopic (exact) mass is 345 g/mol. The van der Waals surface area contributed by atoms with E-state index in [0.717, 1.165) is 0 Å². The minimum absolute atomic E-state index is 0.0304. The highest BCUT2D eigenvalue weighted by Crippen LogP contribution is 2.30. The zero-order valence-corrected chi connectivity index (χ0v) is 14.0. The molecule has 3 N–H and O–H groups in total. The number of guanidine groups is 1. The average Bonchev–Trinajstić information content (AvgIpc) is 2.55. The molecule has 9 heteroatoms. The number of aliphatic imine (C=N–C) groups is 2. The van der Waals surface area contributed by atoms with Gasteiger partial charge in [0.2, 0.25) is 11.9 Å². The fourth-order valence-electron chi connectivity index (χ4n) is 2.52. The van der Waals surface area contributed by atoms with E-state index in [-0.39, 0.29) is 47.9 Å². The second-order valence-electron chi connectivity index (χ2n) is 5.70. The van der Waals surface area contributed by atoms with Crippen LogP contribution in [0.5, 0.6) is 0 Å². The highest BCUT2D eigenvalue weighted by Gasteiger charge is 2.24. The summed E-state index contributed by atoms with van der Waals surface area (Å²) in [5.41, 5.74) is 6.61. The zero-order chi connectivity index (χ0) is 18.6. The Bertz CT molecular complexity index is 785. The minimum Gasteiger partial charge on any atom is -0.369 e. The zero-order valence-electron chi connectivity index (χ0n) is 14.0. The predicted octanol–water partition coefficient (Wildman–Crippen LogP) is 1.47. The average molecular weight is 345 g/mol. The number of rotatable bonds is 4. The van der Waals surface area contributed by atoms with Gasteiger partial charge in [-0.05, 0) is 6.07 Å². The third-order valence-electron chi connectivity index (χ3n) is 3.72. The molecule has 0 bridgehead atoms. The number of nitrogens with two attached hydrogens (primary N) is 1. The maximum absolute atomic E-state index is 11.4. The van der Waals surface area contributed by atoms with Crippen molar-refractivity contribution in [2.45, 2.75) is 26.7 Å². The summed E-state index contributed by atoms with van der Waals surface area (Å²) in [6.07, 6.45) is 0.580. The van der Waals surface area contributed by atoms with Gasteiger partial charge in [0, 0.05) is 36.1 Å². The second kappa shape index (κ2) is 7.65. The molecule has 2 rings (SSSR count). The molecular weight excluding hydrogens is 326 g/mol. The molecule has 9 nitrogen and oxygen atoms in total. The minimum atomic E-state index is -0.573. The summed E-state index contributed by atoms with van der Waals surface area (Å²) >= 11 is 0. The lowest BCUT2D eigenvalue weighted by Gasteiger charge is -2.18. The van der Waals surface area contributed by atoms with Gasteiger partial charge in [0.1, 0.15) is 5.69 Å². The van der Waals surface area contributed by atoms with Crippen molar-refractivity contribution in [3.63, 3.8) is 0 Å². The molecule has 0 radical (unpaired) electrons. The quantitative estimate of drug-likeness (QED) is 0.368. The maximum Gasteiger partial charge on any atom is 0.295 e. The first-order valence-corrected chi connectivity index (χ1v) is 7.80. The SMILES string of the molecule is CCC(=O)NC(N)=Nc1ccc(C2=NCC(=O)CC2C)cc1[N+](=O)[O-]. The van der Waals surface area contributed by atoms with Crippen LogP contribution in [0.3, 0.4) is 0 Å². The summed E-state index contributed by atoms with van der Waals surface area (Å²) in [6, 6.07) is 4.45. The van der Waals surface area contributed by atoms with E-state index in [1.54, 1.807) is 13.0 Å². The molecule has 1 amide bonds. The summed E-state index contributed by atoms with van der Waals surface area (Å²) < 4.78 is 0. The first kappa shape index (κ1) is 18.2. The van der Waals surface area contributed by atoms with Crippen molar-refractivity contribution in [1.29, 1.82) is 0 Å². The van der Waals surface area contributed by atoms with Crippen molar-refractivity contribution in [3.8, 4) is 0 Å². The molecule has 0 saturated heterocycles. The smallest absolute Gasteiger partial charge is 0.295 e. The van der Waals surface area contributed by atoms with Gasteiger partial charge >= 0.3 is 0 Å². The summed E-state index contributed by atoms with van der Waals surface area (Å²) in [6.45, 7) is 3.59. The van der Waals surface area contributed by atoms with Crippen LogP contribution in [0.25, 0.3) is 0 Å². The molecular formula is C16H19N5O4. The van der Waals surface area contributed by atoms with Crippen LogP contribution in [0, 0.1) is 16.0 Å². The van der Waals surface area contributed by atoms with Crippen LogP contribution in [-0.4, -0.2) is 34.8 Å². The second-order valence-corrected chi connectivity index (χ2v) is 5.70. The lowest BCUT2D eigenvalue weighted by molar-refractivity contribution is -0.384. The third-order valence-corrected chi connectivity index (χ3v) is 3.72. The van der Waals surface area contributed by atoms with Crippen molar-refractivity contribution in [3.05, 3.63) is 33.9 Å². The Hall–Kier alpha value is -3.10. The number of nitrogens with zero attached hydrogens (tertiary/aromatic N) is 3. The Morgan fingerprint density at radius 1 is 1.52 bits per heavy atom. The van der Waals surface area contributed by atoms with E-state index >= 15 is 0 Å². The molecule has 1 aliphatic rings. The summed E-state index contributed by atoms with van der Waals surface area (Å²) in [5.74, 6) is -0.609. The van der Waals surface area contributed by atoms with Crippen LogP contribution < -0.4 is 11.1 Å². The lowest BCUT2D eigenvalue weighted by atomic mass is 9.91. The number of carbonyl (C=O) groups is 2. The van der Waals surface area contributed by atoms with E-state index in [4.69, 9.17) is 5.73 Å². The Balaban J connectivity index is 2.38. The summed E-state index contributed by atoms with van der Waals surface area (Å²) in [7, 11) is 0. The van der Waals surface area contributed by atoms with Crippen LogP contribution in [0.1, 0.15) is 32.3 Å². The number of nitro benzene ring substituents is 1. The Kier molecular flexibility index (Phi) is 5.58. The molecule has 0 fully saturated rings. The number of amides is 1. The highest BCUT2D eigenvalue weighted by molar-refractivity contribution is 6.07. The molecule has 1 unspecified atom stereocenters. The number of ketones is 1. The molecule has 0 saturated carbocycles. The Morgan fingerprint density at radius 2 is 2.24 bits per heavy atom. The molecule has 1 heterocycles. The largest absolute Gasteiger partial charge is 0.369 e. The van der Waals surface area contributed by atoms with E-state index < -0.39 is 4.92 Å². The van der Waals surface area contributed by atoms with E-state index in [1.807, 2.05) is 6.92 Å². The number of benzene rings is 1. The molecule has 1 aromatic rings. The molecule has 0 aliphatic carbocycles. The van der Waals surface area contributed by atoms with Gasteiger partial charge in [-0.3, -0.25) is 30.0 Å². The number of nitrogens with one attached hydrogen (secondary N) is 1. The molecule has 1 aliphatic heterocycles. The lowest BCUT2D eigenvalue weighted by Crippen LogP contribution is -2.36. The van der Waals surface area contributed by atoms with Crippen LogP contribution in [0.2, 0.25) is 0 Å². The van der Waals surface area contributed by atoms with Gasteiger partial charge in [0.25, 0.3) is 5.69 Å². The van der Waals surface area contributed by atoms with Crippen molar-refractivity contribution >= 4 is 34.7 Å². The van der Waals surface area contributed by atoms with Crippen LogP contribution in [0.15, 0.2) is 28.2 Å². The Morgan fingerprint density at radius 3 is 2.84 bits per heavy atom. The highest BCUT2D eigenvalue weighted by atomic mass is 16.6. The molecule has 1 atom stereocenters. The first-order valence-electron chi connectivity index (χ1n) is 7.80.